The zero-order valence-electron chi connectivity index (χ0n) is 6.67. The van der Waals surface area contributed by atoms with Crippen LogP contribution in [-0.2, 0) is 4.79 Å². The van der Waals surface area contributed by atoms with Crippen LogP contribution in [0.5, 0.6) is 0 Å². The van der Waals surface area contributed by atoms with Crippen LogP contribution in [0.1, 0.15) is 12.8 Å². The van der Waals surface area contributed by atoms with Gasteiger partial charge in [0.1, 0.15) is 0 Å². The molecule has 0 saturated heterocycles. The number of nitrogens with two attached hydrogens (primary N) is 1. The summed E-state index contributed by atoms with van der Waals surface area (Å²) < 4.78 is 35.7. The van der Waals surface area contributed by atoms with Crippen LogP contribution in [0.4, 0.5) is 13.2 Å². The highest BCUT2D eigenvalue weighted by atomic mass is 35.5. The Bertz CT molecular complexity index is 162. The third-order valence-corrected chi connectivity index (χ3v) is 1.45. The molecule has 13 heavy (non-hydrogen) atoms. The molecule has 0 aromatic heterocycles. The number of carbonyl (C=O) groups is 1. The standard InChI is InChI=1S/C6H10F3NO2.ClH/c7-6(8,9)4(3-10)1-2-5(11)12;/h4H,1-3,10H2,(H,11,12);1H. The maximum Gasteiger partial charge on any atom is 0.393 e. The second kappa shape index (κ2) is 6.04. The number of carboxylic acid groups (broad SMARTS) is 1. The van der Waals surface area contributed by atoms with Gasteiger partial charge >= 0.3 is 12.1 Å². The monoisotopic (exact) mass is 221 g/mol. The van der Waals surface area contributed by atoms with Crippen molar-refractivity contribution in [2.75, 3.05) is 6.54 Å². The van der Waals surface area contributed by atoms with Crippen molar-refractivity contribution in [1.82, 2.24) is 0 Å². The lowest BCUT2D eigenvalue weighted by Crippen LogP contribution is -2.30. The highest BCUT2D eigenvalue weighted by molar-refractivity contribution is 5.85. The number of rotatable bonds is 4. The minimum absolute atomic E-state index is 0. The molecule has 0 spiro atoms. The summed E-state index contributed by atoms with van der Waals surface area (Å²) >= 11 is 0. The van der Waals surface area contributed by atoms with Crippen LogP contribution >= 0.6 is 12.4 Å². The summed E-state index contributed by atoms with van der Waals surface area (Å²) in [5, 5.41) is 8.12. The normalized spacial score (nSPS) is 13.2. The van der Waals surface area contributed by atoms with Crippen LogP contribution in [0.2, 0.25) is 0 Å². The third-order valence-electron chi connectivity index (χ3n) is 1.45. The van der Waals surface area contributed by atoms with Gasteiger partial charge in [-0.25, -0.2) is 0 Å². The van der Waals surface area contributed by atoms with Crippen LogP contribution in [-0.4, -0.2) is 23.8 Å². The SMILES string of the molecule is Cl.NCC(CCC(=O)O)C(F)(F)F. The largest absolute Gasteiger partial charge is 0.481 e. The van der Waals surface area contributed by atoms with E-state index in [9.17, 15) is 18.0 Å². The van der Waals surface area contributed by atoms with Crippen molar-refractivity contribution in [2.45, 2.75) is 19.0 Å². The summed E-state index contributed by atoms with van der Waals surface area (Å²) in [6.07, 6.45) is -5.33. The first kappa shape index (κ1) is 15.0. The van der Waals surface area contributed by atoms with Gasteiger partial charge in [-0.2, -0.15) is 13.2 Å². The van der Waals surface area contributed by atoms with Crippen molar-refractivity contribution in [3.05, 3.63) is 0 Å². The van der Waals surface area contributed by atoms with Gasteiger partial charge in [0.15, 0.2) is 0 Å². The van der Waals surface area contributed by atoms with E-state index in [-0.39, 0.29) is 12.4 Å². The van der Waals surface area contributed by atoms with E-state index in [1.165, 1.54) is 0 Å². The molecule has 1 unspecified atom stereocenters. The molecule has 0 rings (SSSR count). The Morgan fingerprint density at radius 3 is 2.15 bits per heavy atom. The predicted octanol–water partition coefficient (Wildman–Crippen LogP) is 1.41. The van der Waals surface area contributed by atoms with E-state index in [2.05, 4.69) is 0 Å². The van der Waals surface area contributed by atoms with Crippen LogP contribution in [0.25, 0.3) is 0 Å². The molecule has 0 amide bonds. The Morgan fingerprint density at radius 2 is 1.92 bits per heavy atom. The molecule has 0 bridgehead atoms. The van der Waals surface area contributed by atoms with E-state index in [1.807, 2.05) is 0 Å². The van der Waals surface area contributed by atoms with Crippen molar-refractivity contribution in [2.24, 2.45) is 11.7 Å². The summed E-state index contributed by atoms with van der Waals surface area (Å²) in [5.74, 6) is -2.94. The molecule has 0 radical (unpaired) electrons. The molecule has 0 aliphatic carbocycles. The van der Waals surface area contributed by atoms with E-state index >= 15 is 0 Å². The van der Waals surface area contributed by atoms with Crippen molar-refractivity contribution in [3.8, 4) is 0 Å². The van der Waals surface area contributed by atoms with Gasteiger partial charge in [-0.1, -0.05) is 0 Å². The van der Waals surface area contributed by atoms with Crippen molar-refractivity contribution < 1.29 is 23.1 Å². The molecule has 80 valence electrons. The zero-order valence-corrected chi connectivity index (χ0v) is 7.49. The van der Waals surface area contributed by atoms with Crippen molar-refractivity contribution in [3.63, 3.8) is 0 Å². The Morgan fingerprint density at radius 1 is 1.46 bits per heavy atom. The molecule has 0 saturated carbocycles. The molecule has 7 heteroatoms. The maximum absolute atomic E-state index is 11.9. The van der Waals surface area contributed by atoms with Crippen LogP contribution in [0, 0.1) is 5.92 Å². The molecule has 1 atom stereocenters. The maximum atomic E-state index is 11.9. The second-order valence-corrected chi connectivity index (χ2v) is 2.41. The lowest BCUT2D eigenvalue weighted by atomic mass is 10.0. The number of halogens is 4. The Labute approximate surface area is 79.5 Å². The van der Waals surface area contributed by atoms with Gasteiger partial charge in [0.2, 0.25) is 0 Å². The number of hydrogen-bond acceptors (Lipinski definition) is 2. The first-order valence-corrected chi connectivity index (χ1v) is 3.36. The van der Waals surface area contributed by atoms with Crippen molar-refractivity contribution >= 4 is 18.4 Å². The highest BCUT2D eigenvalue weighted by Gasteiger charge is 2.38. The quantitative estimate of drug-likeness (QED) is 0.755. The molecule has 0 aliphatic rings. The fourth-order valence-corrected chi connectivity index (χ4v) is 0.713. The molecule has 0 aromatic carbocycles. The van der Waals surface area contributed by atoms with Gasteiger partial charge < -0.3 is 10.8 Å². The third kappa shape index (κ3) is 6.65. The minimum atomic E-state index is -4.38. The highest BCUT2D eigenvalue weighted by Crippen LogP contribution is 2.28. The molecular weight excluding hydrogens is 211 g/mol. The number of carboxylic acids is 1. The molecule has 3 nitrogen and oxygen atoms in total. The summed E-state index contributed by atoms with van der Waals surface area (Å²) in [7, 11) is 0. The van der Waals surface area contributed by atoms with Gasteiger partial charge in [0.05, 0.1) is 5.92 Å². The summed E-state index contributed by atoms with van der Waals surface area (Å²) in [6.45, 7) is -0.559. The molecule has 0 heterocycles. The van der Waals surface area contributed by atoms with E-state index < -0.39 is 37.4 Å². The molecule has 0 aromatic rings. The van der Waals surface area contributed by atoms with Gasteiger partial charge in [-0.15, -0.1) is 12.4 Å². The Balaban J connectivity index is 0. The van der Waals surface area contributed by atoms with Gasteiger partial charge in [0.25, 0.3) is 0 Å². The van der Waals surface area contributed by atoms with E-state index in [4.69, 9.17) is 10.8 Å². The lowest BCUT2D eigenvalue weighted by molar-refractivity contribution is -0.174. The Kier molecular flexibility index (Phi) is 6.97. The van der Waals surface area contributed by atoms with Crippen LogP contribution in [0.15, 0.2) is 0 Å². The summed E-state index contributed by atoms with van der Waals surface area (Å²) in [6, 6.07) is 0. The van der Waals surface area contributed by atoms with E-state index in [1.54, 1.807) is 0 Å². The molecule has 3 N–H and O–H groups in total. The summed E-state index contributed by atoms with van der Waals surface area (Å²) in [4.78, 5) is 9.94. The van der Waals surface area contributed by atoms with E-state index in [0.29, 0.717) is 0 Å². The summed E-state index contributed by atoms with van der Waals surface area (Å²) in [5.41, 5.74) is 4.83. The number of alkyl halides is 3. The number of aliphatic carboxylic acids is 1. The molecule has 0 aliphatic heterocycles. The number of hydrogen-bond donors (Lipinski definition) is 2. The minimum Gasteiger partial charge on any atom is -0.481 e. The predicted molar refractivity (Wildman–Crippen MR) is 42.7 cm³/mol. The lowest BCUT2D eigenvalue weighted by Gasteiger charge is -2.16. The van der Waals surface area contributed by atoms with Crippen LogP contribution < -0.4 is 5.73 Å². The Hall–Kier alpha value is -0.490. The first-order valence-electron chi connectivity index (χ1n) is 3.36. The van der Waals surface area contributed by atoms with Crippen LogP contribution in [0.3, 0.4) is 0 Å². The average molecular weight is 222 g/mol. The van der Waals surface area contributed by atoms with Gasteiger partial charge in [-0.05, 0) is 6.42 Å². The average Bonchev–Trinajstić information content (AvgIpc) is 1.85. The first-order chi connectivity index (χ1) is 5.38. The molecule has 0 fully saturated rings. The van der Waals surface area contributed by atoms with Gasteiger partial charge in [0, 0.05) is 13.0 Å². The fourth-order valence-electron chi connectivity index (χ4n) is 0.713. The second-order valence-electron chi connectivity index (χ2n) is 2.41. The molecular formula is C6H11ClF3NO2. The van der Waals surface area contributed by atoms with E-state index in [0.717, 1.165) is 0 Å². The topological polar surface area (TPSA) is 63.3 Å². The van der Waals surface area contributed by atoms with Crippen molar-refractivity contribution in [1.29, 1.82) is 0 Å². The van der Waals surface area contributed by atoms with Gasteiger partial charge in [-0.3, -0.25) is 4.79 Å². The fraction of sp³-hybridized carbons (Fsp3) is 0.833. The smallest absolute Gasteiger partial charge is 0.393 e. The zero-order chi connectivity index (χ0) is 9.78.